The van der Waals surface area contributed by atoms with Crippen LogP contribution < -0.4 is 19.5 Å². The van der Waals surface area contributed by atoms with Crippen molar-refractivity contribution in [2.45, 2.75) is 19.8 Å². The highest BCUT2D eigenvalue weighted by molar-refractivity contribution is 14.0. The second-order valence-corrected chi connectivity index (χ2v) is 6.63. The van der Waals surface area contributed by atoms with Gasteiger partial charge >= 0.3 is 0 Å². The van der Waals surface area contributed by atoms with Gasteiger partial charge in [-0.2, -0.15) is 0 Å². The van der Waals surface area contributed by atoms with Crippen LogP contribution in [-0.4, -0.2) is 58.9 Å². The van der Waals surface area contributed by atoms with Gasteiger partial charge in [-0.25, -0.2) is 0 Å². The Labute approximate surface area is 197 Å². The first-order valence-corrected chi connectivity index (χ1v) is 9.96. The molecule has 0 aliphatic carbocycles. The molecule has 7 heteroatoms. The van der Waals surface area contributed by atoms with Gasteiger partial charge in [-0.1, -0.05) is 24.3 Å². The molecule has 0 saturated heterocycles. The lowest BCUT2D eigenvalue weighted by molar-refractivity contribution is 0.336. The predicted molar refractivity (Wildman–Crippen MR) is 134 cm³/mol. The van der Waals surface area contributed by atoms with Crippen LogP contribution in [0.15, 0.2) is 47.5 Å². The SMILES string of the molecule is CCOc1ccccc1CCNC(=NC)N(C)CCc1ccc(OC)c(OC)c1.I. The predicted octanol–water partition coefficient (Wildman–Crippen LogP) is 4.01. The van der Waals surface area contributed by atoms with Gasteiger partial charge in [-0.05, 0) is 49.1 Å². The molecule has 0 unspecified atom stereocenters. The summed E-state index contributed by atoms with van der Waals surface area (Å²) >= 11 is 0. The van der Waals surface area contributed by atoms with Gasteiger partial charge < -0.3 is 24.4 Å². The molecule has 0 heterocycles. The lowest BCUT2D eigenvalue weighted by atomic mass is 10.1. The fraction of sp³-hybridized carbons (Fsp3) is 0.435. The zero-order valence-corrected chi connectivity index (χ0v) is 20.9. The molecule has 0 aromatic heterocycles. The number of nitrogens with zero attached hydrogens (tertiary/aromatic N) is 2. The van der Waals surface area contributed by atoms with E-state index in [1.165, 1.54) is 11.1 Å². The van der Waals surface area contributed by atoms with Crippen molar-refractivity contribution in [2.75, 3.05) is 48.0 Å². The zero-order valence-electron chi connectivity index (χ0n) is 18.6. The third-order valence-electron chi connectivity index (χ3n) is 4.71. The Balaban J connectivity index is 0.00000450. The van der Waals surface area contributed by atoms with Gasteiger partial charge in [0.2, 0.25) is 0 Å². The summed E-state index contributed by atoms with van der Waals surface area (Å²) < 4.78 is 16.4. The van der Waals surface area contributed by atoms with Crippen molar-refractivity contribution >= 4 is 29.9 Å². The molecule has 6 nitrogen and oxygen atoms in total. The molecule has 0 aliphatic heterocycles. The molecule has 0 spiro atoms. The molecular weight excluding hydrogens is 493 g/mol. The Morgan fingerprint density at radius 3 is 2.40 bits per heavy atom. The highest BCUT2D eigenvalue weighted by Gasteiger charge is 2.09. The molecule has 0 saturated carbocycles. The number of likely N-dealkylation sites (N-methyl/N-ethyl adjacent to an activating group) is 1. The van der Waals surface area contributed by atoms with Crippen LogP contribution in [0, 0.1) is 0 Å². The Kier molecular flexibility index (Phi) is 12.0. The fourth-order valence-corrected chi connectivity index (χ4v) is 3.14. The Hall–Kier alpha value is -2.16. The van der Waals surface area contributed by atoms with Crippen LogP contribution in [0.3, 0.4) is 0 Å². The van der Waals surface area contributed by atoms with Gasteiger partial charge in [-0.15, -0.1) is 24.0 Å². The minimum atomic E-state index is 0. The van der Waals surface area contributed by atoms with Crippen molar-refractivity contribution in [3.05, 3.63) is 53.6 Å². The summed E-state index contributed by atoms with van der Waals surface area (Å²) in [4.78, 5) is 6.54. The van der Waals surface area contributed by atoms with Gasteiger partial charge in [0, 0.05) is 27.2 Å². The van der Waals surface area contributed by atoms with Crippen molar-refractivity contribution in [1.29, 1.82) is 0 Å². The van der Waals surface area contributed by atoms with E-state index in [4.69, 9.17) is 14.2 Å². The molecule has 166 valence electrons. The quantitative estimate of drug-likeness (QED) is 0.288. The molecule has 1 N–H and O–H groups in total. The van der Waals surface area contributed by atoms with Crippen molar-refractivity contribution in [3.63, 3.8) is 0 Å². The first-order chi connectivity index (χ1) is 14.1. The van der Waals surface area contributed by atoms with Crippen molar-refractivity contribution < 1.29 is 14.2 Å². The molecule has 2 rings (SSSR count). The number of methoxy groups -OCH3 is 2. The van der Waals surface area contributed by atoms with Crippen LogP contribution >= 0.6 is 24.0 Å². The first kappa shape index (κ1) is 25.9. The van der Waals surface area contributed by atoms with E-state index in [1.807, 2.05) is 51.4 Å². The zero-order chi connectivity index (χ0) is 21.1. The van der Waals surface area contributed by atoms with Crippen LogP contribution in [-0.2, 0) is 12.8 Å². The van der Waals surface area contributed by atoms with E-state index >= 15 is 0 Å². The Morgan fingerprint density at radius 1 is 1.00 bits per heavy atom. The smallest absolute Gasteiger partial charge is 0.193 e. The molecular formula is C23H34IN3O3. The third kappa shape index (κ3) is 7.59. The molecule has 0 atom stereocenters. The fourth-order valence-electron chi connectivity index (χ4n) is 3.14. The third-order valence-corrected chi connectivity index (χ3v) is 4.71. The largest absolute Gasteiger partial charge is 0.494 e. The molecule has 2 aromatic carbocycles. The van der Waals surface area contributed by atoms with E-state index in [-0.39, 0.29) is 24.0 Å². The molecule has 0 amide bonds. The molecule has 0 fully saturated rings. The number of benzene rings is 2. The van der Waals surface area contributed by atoms with Crippen LogP contribution in [0.2, 0.25) is 0 Å². The van der Waals surface area contributed by atoms with Gasteiger partial charge in [0.05, 0.1) is 20.8 Å². The summed E-state index contributed by atoms with van der Waals surface area (Å²) in [5, 5.41) is 3.44. The number of halogens is 1. The van der Waals surface area contributed by atoms with E-state index in [0.717, 1.165) is 49.1 Å². The van der Waals surface area contributed by atoms with Gasteiger partial charge in [0.25, 0.3) is 0 Å². The summed E-state index contributed by atoms with van der Waals surface area (Å²) in [6.07, 6.45) is 1.75. The number of para-hydroxylation sites is 1. The number of hydrogen-bond acceptors (Lipinski definition) is 4. The monoisotopic (exact) mass is 527 g/mol. The number of ether oxygens (including phenoxy) is 3. The Bertz CT molecular complexity index is 799. The molecule has 0 bridgehead atoms. The maximum absolute atomic E-state index is 5.70. The standard InChI is InChI=1S/C23H33N3O3.HI/c1-6-29-20-10-8-7-9-19(20)13-15-25-23(24-2)26(3)16-14-18-11-12-21(27-4)22(17-18)28-5;/h7-12,17H,6,13-16H2,1-5H3,(H,24,25);1H. The van der Waals surface area contributed by atoms with Crippen molar-refractivity contribution in [2.24, 2.45) is 4.99 Å². The van der Waals surface area contributed by atoms with E-state index in [1.54, 1.807) is 14.2 Å². The average Bonchev–Trinajstić information content (AvgIpc) is 2.76. The number of aliphatic imine (C=N–C) groups is 1. The summed E-state index contributed by atoms with van der Waals surface area (Å²) in [6, 6.07) is 14.2. The van der Waals surface area contributed by atoms with Crippen molar-refractivity contribution in [3.8, 4) is 17.2 Å². The second kappa shape index (κ2) is 14.0. The van der Waals surface area contributed by atoms with Gasteiger partial charge in [-0.3, -0.25) is 4.99 Å². The number of rotatable bonds is 10. The van der Waals surface area contributed by atoms with Gasteiger partial charge in [0.1, 0.15) is 5.75 Å². The highest BCUT2D eigenvalue weighted by atomic mass is 127. The second-order valence-electron chi connectivity index (χ2n) is 6.63. The summed E-state index contributed by atoms with van der Waals surface area (Å²) in [7, 11) is 7.16. The number of nitrogens with one attached hydrogen (secondary N) is 1. The van der Waals surface area contributed by atoms with E-state index < -0.39 is 0 Å². The van der Waals surface area contributed by atoms with Crippen LogP contribution in [0.25, 0.3) is 0 Å². The summed E-state index contributed by atoms with van der Waals surface area (Å²) in [5.41, 5.74) is 2.39. The maximum Gasteiger partial charge on any atom is 0.193 e. The van der Waals surface area contributed by atoms with Crippen LogP contribution in [0.1, 0.15) is 18.1 Å². The van der Waals surface area contributed by atoms with Crippen molar-refractivity contribution in [1.82, 2.24) is 10.2 Å². The highest BCUT2D eigenvalue weighted by Crippen LogP contribution is 2.27. The minimum absolute atomic E-state index is 0. The maximum atomic E-state index is 5.70. The van der Waals surface area contributed by atoms with E-state index in [2.05, 4.69) is 27.3 Å². The van der Waals surface area contributed by atoms with E-state index in [9.17, 15) is 0 Å². The summed E-state index contributed by atoms with van der Waals surface area (Å²) in [6.45, 7) is 4.30. The Morgan fingerprint density at radius 2 is 1.73 bits per heavy atom. The topological polar surface area (TPSA) is 55.3 Å². The molecule has 30 heavy (non-hydrogen) atoms. The average molecular weight is 527 g/mol. The molecule has 2 aromatic rings. The van der Waals surface area contributed by atoms with E-state index in [0.29, 0.717) is 6.61 Å². The van der Waals surface area contributed by atoms with Crippen LogP contribution in [0.5, 0.6) is 17.2 Å². The minimum Gasteiger partial charge on any atom is -0.494 e. The summed E-state index contributed by atoms with van der Waals surface area (Å²) in [5.74, 6) is 3.32. The van der Waals surface area contributed by atoms with Crippen LogP contribution in [0.4, 0.5) is 0 Å². The molecule has 0 radical (unpaired) electrons. The lowest BCUT2D eigenvalue weighted by Gasteiger charge is -2.22. The molecule has 0 aliphatic rings. The number of hydrogen-bond donors (Lipinski definition) is 1. The number of guanidine groups is 1. The normalized spacial score (nSPS) is 10.8. The van der Waals surface area contributed by atoms with Gasteiger partial charge in [0.15, 0.2) is 17.5 Å². The first-order valence-electron chi connectivity index (χ1n) is 9.96. The lowest BCUT2D eigenvalue weighted by Crippen LogP contribution is -2.40.